The van der Waals surface area contributed by atoms with Crippen molar-refractivity contribution in [3.63, 3.8) is 0 Å². The number of carboxylic acids is 1. The number of benzene rings is 2. The highest BCUT2D eigenvalue weighted by molar-refractivity contribution is 14.1. The SMILES string of the molecule is CCOc1cc(C=C2SC(=O)N(CC(=O)N3CCCCCC3)C2=O)cc(I)c1OCc1ccc(C(=O)O)cc1. The average Bonchev–Trinajstić information content (AvgIpc) is 3.09. The maximum absolute atomic E-state index is 13.0. The fraction of sp³-hybridized carbons (Fsp3) is 0.357. The van der Waals surface area contributed by atoms with Crippen LogP contribution in [0.5, 0.6) is 11.5 Å². The second kappa shape index (κ2) is 13.3. The molecule has 39 heavy (non-hydrogen) atoms. The minimum Gasteiger partial charge on any atom is -0.490 e. The van der Waals surface area contributed by atoms with Gasteiger partial charge in [-0.25, -0.2) is 4.79 Å². The Morgan fingerprint density at radius 1 is 1.05 bits per heavy atom. The zero-order chi connectivity index (χ0) is 27.9. The minimum absolute atomic E-state index is 0.198. The first-order chi connectivity index (χ1) is 18.8. The predicted molar refractivity (Wildman–Crippen MR) is 156 cm³/mol. The summed E-state index contributed by atoms with van der Waals surface area (Å²) < 4.78 is 12.6. The number of carbonyl (C=O) groups excluding carboxylic acids is 3. The molecule has 0 aliphatic carbocycles. The van der Waals surface area contributed by atoms with Crippen LogP contribution < -0.4 is 9.47 Å². The van der Waals surface area contributed by atoms with Gasteiger partial charge in [0.1, 0.15) is 13.2 Å². The van der Waals surface area contributed by atoms with Crippen LogP contribution >= 0.6 is 34.4 Å². The van der Waals surface area contributed by atoms with Gasteiger partial charge in [0.2, 0.25) is 5.91 Å². The van der Waals surface area contributed by atoms with Gasteiger partial charge >= 0.3 is 5.97 Å². The Bertz CT molecular complexity index is 1290. The smallest absolute Gasteiger partial charge is 0.335 e. The molecule has 3 amide bonds. The number of halogens is 1. The van der Waals surface area contributed by atoms with Gasteiger partial charge in [-0.2, -0.15) is 0 Å². The number of nitrogens with zero attached hydrogens (tertiary/aromatic N) is 2. The quantitative estimate of drug-likeness (QED) is 0.280. The third-order valence-electron chi connectivity index (χ3n) is 6.34. The number of imide groups is 1. The van der Waals surface area contributed by atoms with Crippen molar-refractivity contribution in [2.45, 2.75) is 39.2 Å². The Hall–Kier alpha value is -3.06. The molecule has 2 aromatic rings. The normalized spacial score (nSPS) is 16.9. The summed E-state index contributed by atoms with van der Waals surface area (Å²) in [5.74, 6) is -0.673. The molecule has 0 unspecified atom stereocenters. The molecule has 9 nitrogen and oxygen atoms in total. The molecule has 2 aliphatic rings. The molecule has 2 aliphatic heterocycles. The van der Waals surface area contributed by atoms with Gasteiger partial charge in [0, 0.05) is 13.1 Å². The van der Waals surface area contributed by atoms with Crippen LogP contribution in [0, 0.1) is 3.57 Å². The Labute approximate surface area is 244 Å². The van der Waals surface area contributed by atoms with E-state index in [2.05, 4.69) is 22.6 Å². The van der Waals surface area contributed by atoms with E-state index < -0.39 is 17.1 Å². The summed E-state index contributed by atoms with van der Waals surface area (Å²) >= 11 is 2.94. The molecule has 0 atom stereocenters. The summed E-state index contributed by atoms with van der Waals surface area (Å²) in [4.78, 5) is 52.5. The van der Waals surface area contributed by atoms with Crippen molar-refractivity contribution < 1.29 is 33.8 Å². The molecule has 0 aromatic heterocycles. The highest BCUT2D eigenvalue weighted by atomic mass is 127. The molecule has 2 heterocycles. The van der Waals surface area contributed by atoms with Gasteiger partial charge in [0.25, 0.3) is 11.1 Å². The Balaban J connectivity index is 1.48. The number of amides is 3. The fourth-order valence-electron chi connectivity index (χ4n) is 4.32. The molecule has 0 saturated carbocycles. The van der Waals surface area contributed by atoms with Crippen LogP contribution in [-0.4, -0.2) is 64.2 Å². The molecular formula is C28H29IN2O7S. The third kappa shape index (κ3) is 7.33. The van der Waals surface area contributed by atoms with Crippen LogP contribution in [0.4, 0.5) is 4.79 Å². The van der Waals surface area contributed by atoms with Crippen LogP contribution in [0.15, 0.2) is 41.3 Å². The first-order valence-electron chi connectivity index (χ1n) is 12.7. The van der Waals surface area contributed by atoms with Crippen molar-refractivity contribution in [2.75, 3.05) is 26.2 Å². The lowest BCUT2D eigenvalue weighted by atomic mass is 10.1. The molecule has 0 bridgehead atoms. The maximum Gasteiger partial charge on any atom is 0.335 e. The average molecular weight is 665 g/mol. The number of aromatic carboxylic acids is 1. The number of rotatable bonds is 9. The molecule has 2 aromatic carbocycles. The van der Waals surface area contributed by atoms with Crippen LogP contribution in [0.25, 0.3) is 6.08 Å². The van der Waals surface area contributed by atoms with E-state index in [1.54, 1.807) is 29.2 Å². The second-order valence-electron chi connectivity index (χ2n) is 9.12. The predicted octanol–water partition coefficient (Wildman–Crippen LogP) is 5.41. The number of hydrogen-bond donors (Lipinski definition) is 1. The van der Waals surface area contributed by atoms with Crippen molar-refractivity contribution >= 4 is 63.5 Å². The second-order valence-corrected chi connectivity index (χ2v) is 11.3. The molecular weight excluding hydrogens is 635 g/mol. The van der Waals surface area contributed by atoms with E-state index in [0.29, 0.717) is 36.8 Å². The lowest BCUT2D eigenvalue weighted by Crippen LogP contribution is -2.42. The standard InChI is InChI=1S/C28H29IN2O7S/c1-2-37-22-14-19(13-21(29)25(22)38-17-18-7-9-20(10-8-18)27(34)35)15-23-26(33)31(28(36)39-23)16-24(32)30-11-5-3-4-6-12-30/h7-10,13-15H,2-6,11-12,16-17H2,1H3,(H,34,35). The van der Waals surface area contributed by atoms with Gasteiger partial charge in [0.15, 0.2) is 11.5 Å². The van der Waals surface area contributed by atoms with Crippen LogP contribution in [0.1, 0.15) is 54.1 Å². The van der Waals surface area contributed by atoms with Gasteiger partial charge in [-0.3, -0.25) is 19.3 Å². The highest BCUT2D eigenvalue weighted by Gasteiger charge is 2.37. The topological polar surface area (TPSA) is 113 Å². The van der Waals surface area contributed by atoms with E-state index in [4.69, 9.17) is 14.6 Å². The summed E-state index contributed by atoms with van der Waals surface area (Å²) in [5.41, 5.74) is 1.65. The van der Waals surface area contributed by atoms with Gasteiger partial charge < -0.3 is 19.5 Å². The maximum atomic E-state index is 13.0. The van der Waals surface area contributed by atoms with E-state index in [0.717, 1.165) is 51.5 Å². The summed E-state index contributed by atoms with van der Waals surface area (Å²) in [5, 5.41) is 8.62. The molecule has 206 valence electrons. The summed E-state index contributed by atoms with van der Waals surface area (Å²) in [6, 6.07) is 9.99. The number of thioether (sulfide) groups is 1. The Kier molecular flexibility index (Phi) is 9.89. The molecule has 2 fully saturated rings. The van der Waals surface area contributed by atoms with Gasteiger partial charge in [0.05, 0.1) is 20.6 Å². The molecule has 0 radical (unpaired) electrons. The van der Waals surface area contributed by atoms with Gasteiger partial charge in [-0.05, 0) is 95.6 Å². The lowest BCUT2D eigenvalue weighted by molar-refractivity contribution is -0.135. The van der Waals surface area contributed by atoms with E-state index in [9.17, 15) is 19.2 Å². The molecule has 2 saturated heterocycles. The molecule has 11 heteroatoms. The Morgan fingerprint density at radius 3 is 2.38 bits per heavy atom. The fourth-order valence-corrected chi connectivity index (χ4v) is 5.94. The number of carbonyl (C=O) groups is 4. The summed E-state index contributed by atoms with van der Waals surface area (Å²) in [6.07, 6.45) is 5.66. The summed E-state index contributed by atoms with van der Waals surface area (Å²) in [7, 11) is 0. The van der Waals surface area contributed by atoms with E-state index in [1.807, 2.05) is 13.0 Å². The minimum atomic E-state index is -0.993. The van der Waals surface area contributed by atoms with E-state index in [-0.39, 0.29) is 29.5 Å². The van der Waals surface area contributed by atoms with Crippen LogP contribution in [0.2, 0.25) is 0 Å². The lowest BCUT2D eigenvalue weighted by Gasteiger charge is -2.22. The van der Waals surface area contributed by atoms with Crippen molar-refractivity contribution in [1.82, 2.24) is 9.80 Å². The van der Waals surface area contributed by atoms with Crippen molar-refractivity contribution in [2.24, 2.45) is 0 Å². The molecule has 4 rings (SSSR count). The summed E-state index contributed by atoms with van der Waals surface area (Å²) in [6.45, 7) is 3.51. The number of ether oxygens (including phenoxy) is 2. The van der Waals surface area contributed by atoms with Crippen molar-refractivity contribution in [3.8, 4) is 11.5 Å². The third-order valence-corrected chi connectivity index (χ3v) is 8.05. The van der Waals surface area contributed by atoms with Crippen LogP contribution in [-0.2, 0) is 16.2 Å². The monoisotopic (exact) mass is 664 g/mol. The largest absolute Gasteiger partial charge is 0.490 e. The van der Waals surface area contributed by atoms with E-state index >= 15 is 0 Å². The van der Waals surface area contributed by atoms with Crippen molar-refractivity contribution in [1.29, 1.82) is 0 Å². The number of hydrogen-bond acceptors (Lipinski definition) is 7. The highest BCUT2D eigenvalue weighted by Crippen LogP contribution is 2.38. The first kappa shape index (κ1) is 28.9. The molecule has 1 N–H and O–H groups in total. The van der Waals surface area contributed by atoms with E-state index in [1.165, 1.54) is 12.1 Å². The molecule has 0 spiro atoms. The number of likely N-dealkylation sites (tertiary alicyclic amines) is 1. The zero-order valence-corrected chi connectivity index (χ0v) is 24.5. The van der Waals surface area contributed by atoms with Gasteiger partial charge in [-0.1, -0.05) is 25.0 Å². The van der Waals surface area contributed by atoms with Crippen molar-refractivity contribution in [3.05, 3.63) is 61.6 Å². The Morgan fingerprint density at radius 2 is 1.74 bits per heavy atom. The first-order valence-corrected chi connectivity index (χ1v) is 14.6. The van der Waals surface area contributed by atoms with Gasteiger partial charge in [-0.15, -0.1) is 0 Å². The number of carboxylic acid groups (broad SMARTS) is 1. The van der Waals surface area contributed by atoms with Crippen LogP contribution in [0.3, 0.4) is 0 Å². The zero-order valence-electron chi connectivity index (χ0n) is 21.5.